The largest absolute Gasteiger partial charge is 0.356 e. The number of rotatable bonds is 1. The fourth-order valence-corrected chi connectivity index (χ4v) is 2.75. The van der Waals surface area contributed by atoms with E-state index < -0.39 is 0 Å². The predicted molar refractivity (Wildman–Crippen MR) is 78.7 cm³/mol. The second-order valence-corrected chi connectivity index (χ2v) is 5.44. The Labute approximate surface area is 111 Å². The van der Waals surface area contributed by atoms with E-state index in [2.05, 4.69) is 70.5 Å². The minimum atomic E-state index is 0.394. The van der Waals surface area contributed by atoms with Gasteiger partial charge in [-0.15, -0.1) is 0 Å². The standard InChI is InChI=1S/C16H24N2/c1-10-8-9-16(12(3)11(10)2)18-14(5)13(4)17(7)15(18)6/h8-9,15H,1-7H3/t15-/m1/s1. The van der Waals surface area contributed by atoms with Crippen molar-refractivity contribution in [3.63, 3.8) is 0 Å². The molecule has 1 aliphatic heterocycles. The van der Waals surface area contributed by atoms with Crippen LogP contribution in [0.25, 0.3) is 0 Å². The van der Waals surface area contributed by atoms with Gasteiger partial charge < -0.3 is 9.80 Å². The summed E-state index contributed by atoms with van der Waals surface area (Å²) >= 11 is 0. The average molecular weight is 244 g/mol. The van der Waals surface area contributed by atoms with Crippen LogP contribution >= 0.6 is 0 Å². The van der Waals surface area contributed by atoms with Gasteiger partial charge in [0.25, 0.3) is 0 Å². The molecule has 1 heterocycles. The SMILES string of the molecule is CC1=C(C)N(c2ccc(C)c(C)c2C)[C@H](C)N1C. The van der Waals surface area contributed by atoms with Gasteiger partial charge in [0.1, 0.15) is 6.17 Å². The van der Waals surface area contributed by atoms with Crippen LogP contribution in [-0.2, 0) is 0 Å². The van der Waals surface area contributed by atoms with Gasteiger partial charge in [0.05, 0.1) is 0 Å². The highest BCUT2D eigenvalue weighted by Gasteiger charge is 2.30. The molecule has 0 N–H and O–H groups in total. The van der Waals surface area contributed by atoms with Gasteiger partial charge in [-0.05, 0) is 64.3 Å². The summed E-state index contributed by atoms with van der Waals surface area (Å²) in [7, 11) is 2.17. The van der Waals surface area contributed by atoms with Crippen molar-refractivity contribution in [1.82, 2.24) is 4.90 Å². The molecule has 2 nitrogen and oxygen atoms in total. The van der Waals surface area contributed by atoms with Crippen LogP contribution < -0.4 is 4.90 Å². The van der Waals surface area contributed by atoms with E-state index in [4.69, 9.17) is 0 Å². The summed E-state index contributed by atoms with van der Waals surface area (Å²) in [6.07, 6.45) is 0.394. The third-order valence-corrected chi connectivity index (χ3v) is 4.64. The van der Waals surface area contributed by atoms with Gasteiger partial charge in [0, 0.05) is 24.1 Å². The lowest BCUT2D eigenvalue weighted by atomic mass is 10.0. The minimum absolute atomic E-state index is 0.394. The van der Waals surface area contributed by atoms with E-state index in [1.165, 1.54) is 33.8 Å². The maximum absolute atomic E-state index is 2.44. The van der Waals surface area contributed by atoms with Crippen molar-refractivity contribution >= 4 is 5.69 Å². The lowest BCUT2D eigenvalue weighted by Crippen LogP contribution is -2.35. The monoisotopic (exact) mass is 244 g/mol. The number of hydrogen-bond acceptors (Lipinski definition) is 2. The number of aryl methyl sites for hydroxylation is 1. The Bertz CT molecular complexity index is 514. The molecule has 0 aliphatic carbocycles. The lowest BCUT2D eigenvalue weighted by molar-refractivity contribution is 0.357. The quantitative estimate of drug-likeness (QED) is 0.737. The van der Waals surface area contributed by atoms with Crippen molar-refractivity contribution in [2.75, 3.05) is 11.9 Å². The topological polar surface area (TPSA) is 6.48 Å². The molecule has 0 amide bonds. The smallest absolute Gasteiger partial charge is 0.103 e. The molecule has 1 aromatic rings. The van der Waals surface area contributed by atoms with Gasteiger partial charge in [-0.25, -0.2) is 0 Å². The van der Waals surface area contributed by atoms with E-state index >= 15 is 0 Å². The molecule has 1 atom stereocenters. The molecule has 2 heteroatoms. The highest BCUT2D eigenvalue weighted by atomic mass is 15.4. The number of anilines is 1. The summed E-state index contributed by atoms with van der Waals surface area (Å²) < 4.78 is 0. The molecule has 18 heavy (non-hydrogen) atoms. The van der Waals surface area contributed by atoms with Crippen LogP contribution in [0, 0.1) is 20.8 Å². The third-order valence-electron chi connectivity index (χ3n) is 4.64. The molecule has 0 bridgehead atoms. The maximum atomic E-state index is 2.44. The zero-order chi connectivity index (χ0) is 13.6. The van der Waals surface area contributed by atoms with E-state index in [1.54, 1.807) is 0 Å². The van der Waals surface area contributed by atoms with Crippen LogP contribution in [0.3, 0.4) is 0 Å². The van der Waals surface area contributed by atoms with E-state index in [1.807, 2.05) is 0 Å². The second-order valence-electron chi connectivity index (χ2n) is 5.44. The second kappa shape index (κ2) is 4.34. The molecule has 2 rings (SSSR count). The number of nitrogens with zero attached hydrogens (tertiary/aromatic N) is 2. The summed E-state index contributed by atoms with van der Waals surface area (Å²) in [4.78, 5) is 4.78. The summed E-state index contributed by atoms with van der Waals surface area (Å²) in [5.41, 5.74) is 8.22. The van der Waals surface area contributed by atoms with Gasteiger partial charge >= 0.3 is 0 Å². The number of benzene rings is 1. The fraction of sp³-hybridized carbons (Fsp3) is 0.500. The molecule has 0 unspecified atom stereocenters. The summed E-state index contributed by atoms with van der Waals surface area (Å²) in [5, 5.41) is 0. The Hall–Kier alpha value is -1.44. The first kappa shape index (κ1) is 13.0. The highest BCUT2D eigenvalue weighted by Crippen LogP contribution is 2.36. The molecular formula is C16H24N2. The van der Waals surface area contributed by atoms with Gasteiger partial charge in [0.15, 0.2) is 0 Å². The number of allylic oxidation sites excluding steroid dienone is 2. The predicted octanol–water partition coefficient (Wildman–Crippen LogP) is 3.96. The van der Waals surface area contributed by atoms with Crippen LogP contribution in [0.1, 0.15) is 37.5 Å². The molecule has 1 aliphatic rings. The first-order chi connectivity index (χ1) is 8.36. The molecule has 0 radical (unpaired) electrons. The van der Waals surface area contributed by atoms with Crippen molar-refractivity contribution < 1.29 is 0 Å². The van der Waals surface area contributed by atoms with E-state index in [-0.39, 0.29) is 0 Å². The molecule has 0 saturated carbocycles. The van der Waals surface area contributed by atoms with Gasteiger partial charge in [-0.2, -0.15) is 0 Å². The van der Waals surface area contributed by atoms with Crippen LogP contribution in [0.15, 0.2) is 23.5 Å². The zero-order valence-electron chi connectivity index (χ0n) is 12.6. The zero-order valence-corrected chi connectivity index (χ0v) is 12.6. The normalized spacial score (nSPS) is 20.1. The van der Waals surface area contributed by atoms with E-state index in [0.29, 0.717) is 6.17 Å². The third kappa shape index (κ3) is 1.71. The van der Waals surface area contributed by atoms with Crippen LogP contribution in [0.4, 0.5) is 5.69 Å². The Morgan fingerprint density at radius 1 is 0.889 bits per heavy atom. The van der Waals surface area contributed by atoms with Gasteiger partial charge in [0.2, 0.25) is 0 Å². The molecule has 1 aromatic carbocycles. The van der Waals surface area contributed by atoms with Crippen LogP contribution in [0.5, 0.6) is 0 Å². The summed E-state index contributed by atoms with van der Waals surface area (Å²) in [6.45, 7) is 13.3. The molecule has 98 valence electrons. The van der Waals surface area contributed by atoms with Crippen molar-refractivity contribution in [2.45, 2.75) is 47.7 Å². The molecule has 0 fully saturated rings. The van der Waals surface area contributed by atoms with Gasteiger partial charge in [-0.1, -0.05) is 6.07 Å². The van der Waals surface area contributed by atoms with Crippen LogP contribution in [-0.4, -0.2) is 18.1 Å². The highest BCUT2D eigenvalue weighted by molar-refractivity contribution is 5.63. The maximum Gasteiger partial charge on any atom is 0.103 e. The van der Waals surface area contributed by atoms with Crippen molar-refractivity contribution in [2.24, 2.45) is 0 Å². The Balaban J connectivity index is 2.54. The van der Waals surface area contributed by atoms with Crippen LogP contribution in [0.2, 0.25) is 0 Å². The fourth-order valence-electron chi connectivity index (χ4n) is 2.75. The first-order valence-corrected chi connectivity index (χ1v) is 6.62. The molecule has 0 saturated heterocycles. The van der Waals surface area contributed by atoms with E-state index in [0.717, 1.165) is 0 Å². The molecule has 0 aromatic heterocycles. The molecular weight excluding hydrogens is 220 g/mol. The van der Waals surface area contributed by atoms with Crippen molar-refractivity contribution in [1.29, 1.82) is 0 Å². The Kier molecular flexibility index (Phi) is 3.14. The minimum Gasteiger partial charge on any atom is -0.356 e. The van der Waals surface area contributed by atoms with Crippen molar-refractivity contribution in [3.8, 4) is 0 Å². The summed E-state index contributed by atoms with van der Waals surface area (Å²) in [5.74, 6) is 0. The van der Waals surface area contributed by atoms with E-state index in [9.17, 15) is 0 Å². The molecule has 0 spiro atoms. The first-order valence-electron chi connectivity index (χ1n) is 6.62. The lowest BCUT2D eigenvalue weighted by Gasteiger charge is -2.31. The Morgan fingerprint density at radius 3 is 2.00 bits per heavy atom. The van der Waals surface area contributed by atoms with Crippen molar-refractivity contribution in [3.05, 3.63) is 40.2 Å². The number of hydrogen-bond donors (Lipinski definition) is 0. The average Bonchev–Trinajstić information content (AvgIpc) is 2.53. The Morgan fingerprint density at radius 2 is 1.50 bits per heavy atom. The van der Waals surface area contributed by atoms with Gasteiger partial charge in [-0.3, -0.25) is 0 Å². The summed E-state index contributed by atoms with van der Waals surface area (Å²) in [6, 6.07) is 4.48.